The Kier molecular flexibility index (Phi) is 12.1. The summed E-state index contributed by atoms with van der Waals surface area (Å²) in [5.74, 6) is -1.83. The molecule has 1 unspecified atom stereocenters. The number of aliphatic carboxylic acids is 1. The Morgan fingerprint density at radius 3 is 2.53 bits per heavy atom. The second-order valence-corrected chi connectivity index (χ2v) is 7.93. The highest BCUT2D eigenvalue weighted by Gasteiger charge is 2.37. The zero-order valence-corrected chi connectivity index (χ0v) is 18.4. The van der Waals surface area contributed by atoms with Gasteiger partial charge in [-0.3, -0.25) is 28.9 Å². The molecule has 0 aliphatic carbocycles. The van der Waals surface area contributed by atoms with Gasteiger partial charge in [0.1, 0.15) is 0 Å². The van der Waals surface area contributed by atoms with E-state index in [2.05, 4.69) is 5.32 Å². The number of imide groups is 1. The topological polar surface area (TPSA) is 133 Å². The van der Waals surface area contributed by atoms with E-state index in [0.717, 1.165) is 4.90 Å². The molecular weight excluding hydrogens is 414 g/mol. The van der Waals surface area contributed by atoms with E-state index in [1.807, 2.05) is 0 Å². The van der Waals surface area contributed by atoms with Crippen LogP contribution >= 0.6 is 11.8 Å². The molecule has 0 bridgehead atoms. The molecule has 1 aliphatic rings. The third-order valence-corrected chi connectivity index (χ3v) is 5.61. The Balaban J connectivity index is 2.31. The van der Waals surface area contributed by atoms with Gasteiger partial charge in [0, 0.05) is 59.0 Å². The Morgan fingerprint density at radius 1 is 1.20 bits per heavy atom. The number of hydrogen-bond donors (Lipinski definition) is 2. The summed E-state index contributed by atoms with van der Waals surface area (Å²) >= 11 is 1.33. The van der Waals surface area contributed by atoms with Gasteiger partial charge in [0.15, 0.2) is 0 Å². The minimum absolute atomic E-state index is 0.0418. The molecule has 10 nitrogen and oxygen atoms in total. The number of rotatable bonds is 15. The summed E-state index contributed by atoms with van der Waals surface area (Å²) in [5.41, 5.74) is 0. The average Bonchev–Trinajstić information content (AvgIpc) is 2.98. The second kappa shape index (κ2) is 14.0. The summed E-state index contributed by atoms with van der Waals surface area (Å²) in [6.07, 6.45) is 2.89. The SMILES string of the molecule is COCCN(CCCNC(=O)CCN1C(=O)CC(SC)C1=O)C(=O)CCCC(=O)O. The number of nitrogens with one attached hydrogen (secondary N) is 1. The van der Waals surface area contributed by atoms with E-state index in [9.17, 15) is 24.0 Å². The van der Waals surface area contributed by atoms with Gasteiger partial charge in [-0.2, -0.15) is 11.8 Å². The van der Waals surface area contributed by atoms with Crippen LogP contribution in [0.4, 0.5) is 0 Å². The molecule has 30 heavy (non-hydrogen) atoms. The fourth-order valence-corrected chi connectivity index (χ4v) is 3.62. The monoisotopic (exact) mass is 445 g/mol. The lowest BCUT2D eigenvalue weighted by atomic mass is 10.2. The van der Waals surface area contributed by atoms with Crippen molar-refractivity contribution < 1.29 is 33.8 Å². The van der Waals surface area contributed by atoms with E-state index in [-0.39, 0.29) is 67.5 Å². The van der Waals surface area contributed by atoms with E-state index in [0.29, 0.717) is 32.7 Å². The van der Waals surface area contributed by atoms with Crippen LogP contribution in [0.5, 0.6) is 0 Å². The molecule has 11 heteroatoms. The van der Waals surface area contributed by atoms with Crippen LogP contribution in [0.25, 0.3) is 0 Å². The number of amides is 4. The van der Waals surface area contributed by atoms with Crippen molar-refractivity contribution in [2.75, 3.05) is 46.2 Å². The minimum atomic E-state index is -0.935. The molecule has 0 spiro atoms. The van der Waals surface area contributed by atoms with Crippen molar-refractivity contribution in [1.29, 1.82) is 0 Å². The lowest BCUT2D eigenvalue weighted by Gasteiger charge is -2.22. The summed E-state index contributed by atoms with van der Waals surface area (Å²) in [6, 6.07) is 0. The number of nitrogens with zero attached hydrogens (tertiary/aromatic N) is 2. The van der Waals surface area contributed by atoms with Gasteiger partial charge in [-0.25, -0.2) is 0 Å². The molecule has 0 saturated carbocycles. The fraction of sp³-hybridized carbons (Fsp3) is 0.737. The van der Waals surface area contributed by atoms with E-state index < -0.39 is 5.97 Å². The predicted molar refractivity (Wildman–Crippen MR) is 111 cm³/mol. The largest absolute Gasteiger partial charge is 0.481 e. The third-order valence-electron chi connectivity index (χ3n) is 4.68. The maximum atomic E-state index is 12.2. The van der Waals surface area contributed by atoms with E-state index in [1.54, 1.807) is 11.2 Å². The maximum Gasteiger partial charge on any atom is 0.303 e. The van der Waals surface area contributed by atoms with Crippen LogP contribution in [0.15, 0.2) is 0 Å². The third kappa shape index (κ3) is 9.12. The first-order chi connectivity index (χ1) is 14.3. The number of thioether (sulfide) groups is 1. The molecule has 1 saturated heterocycles. The maximum absolute atomic E-state index is 12.2. The van der Waals surface area contributed by atoms with Gasteiger partial charge in [0.05, 0.1) is 11.9 Å². The van der Waals surface area contributed by atoms with E-state index in [1.165, 1.54) is 18.9 Å². The van der Waals surface area contributed by atoms with Crippen LogP contribution in [0.2, 0.25) is 0 Å². The summed E-state index contributed by atoms with van der Waals surface area (Å²) in [7, 11) is 1.53. The number of ether oxygens (including phenoxy) is 1. The highest BCUT2D eigenvalue weighted by atomic mass is 32.2. The highest BCUT2D eigenvalue weighted by molar-refractivity contribution is 8.00. The molecule has 1 rings (SSSR count). The molecule has 1 aliphatic heterocycles. The number of carbonyl (C=O) groups is 5. The second-order valence-electron chi connectivity index (χ2n) is 6.89. The van der Waals surface area contributed by atoms with Crippen LogP contribution in [-0.4, -0.2) is 95.9 Å². The number of carbonyl (C=O) groups excluding carboxylic acids is 4. The van der Waals surface area contributed by atoms with Crippen molar-refractivity contribution in [3.63, 3.8) is 0 Å². The predicted octanol–water partition coefficient (Wildman–Crippen LogP) is 0.103. The zero-order valence-electron chi connectivity index (χ0n) is 17.6. The molecule has 0 aromatic carbocycles. The van der Waals surface area contributed by atoms with Crippen molar-refractivity contribution in [3.05, 3.63) is 0 Å². The average molecular weight is 446 g/mol. The molecule has 1 fully saturated rings. The molecular formula is C19H31N3O7S. The van der Waals surface area contributed by atoms with E-state index >= 15 is 0 Å². The number of carboxylic acids is 1. The Morgan fingerprint density at radius 2 is 1.93 bits per heavy atom. The van der Waals surface area contributed by atoms with Crippen molar-refractivity contribution in [3.8, 4) is 0 Å². The fourth-order valence-electron chi connectivity index (χ4n) is 2.98. The van der Waals surface area contributed by atoms with Gasteiger partial charge in [0.25, 0.3) is 0 Å². The summed E-state index contributed by atoms with van der Waals surface area (Å²) in [5, 5.41) is 11.0. The van der Waals surface area contributed by atoms with Crippen molar-refractivity contribution >= 4 is 41.4 Å². The molecule has 0 aromatic heterocycles. The Labute approximate surface area is 180 Å². The number of methoxy groups -OCH3 is 1. The molecule has 0 aromatic rings. The zero-order chi connectivity index (χ0) is 22.5. The Bertz CT molecular complexity index is 629. The summed E-state index contributed by atoms with van der Waals surface area (Å²) in [4.78, 5) is 61.4. The lowest BCUT2D eigenvalue weighted by molar-refractivity contribution is -0.139. The van der Waals surface area contributed by atoms with Crippen LogP contribution in [-0.2, 0) is 28.7 Å². The number of carboxylic acid groups (broad SMARTS) is 1. The summed E-state index contributed by atoms with van der Waals surface area (Å²) in [6.45, 7) is 1.59. The standard InChI is InChI=1S/C19H31N3O7S/c1-29-12-11-21(16(24)5-3-6-18(26)27)9-4-8-20-15(23)7-10-22-17(25)13-14(30-2)19(22)28/h14H,3-13H2,1-2H3,(H,20,23)(H,26,27). The molecule has 170 valence electrons. The van der Waals surface area contributed by atoms with Gasteiger partial charge >= 0.3 is 5.97 Å². The van der Waals surface area contributed by atoms with Crippen LogP contribution in [0.1, 0.15) is 38.5 Å². The number of hydrogen-bond acceptors (Lipinski definition) is 7. The first-order valence-corrected chi connectivity index (χ1v) is 11.2. The lowest BCUT2D eigenvalue weighted by Crippen LogP contribution is -2.37. The normalized spacial score (nSPS) is 16.1. The minimum Gasteiger partial charge on any atom is -0.481 e. The summed E-state index contributed by atoms with van der Waals surface area (Å²) < 4.78 is 5.00. The van der Waals surface area contributed by atoms with Gasteiger partial charge in [0.2, 0.25) is 23.6 Å². The van der Waals surface area contributed by atoms with Crippen LogP contribution < -0.4 is 5.32 Å². The molecule has 2 N–H and O–H groups in total. The smallest absolute Gasteiger partial charge is 0.303 e. The van der Waals surface area contributed by atoms with Gasteiger partial charge < -0.3 is 20.1 Å². The molecule has 0 radical (unpaired) electrons. The highest BCUT2D eigenvalue weighted by Crippen LogP contribution is 2.22. The van der Waals surface area contributed by atoms with Gasteiger partial charge in [-0.15, -0.1) is 0 Å². The van der Waals surface area contributed by atoms with Crippen molar-refractivity contribution in [2.45, 2.75) is 43.8 Å². The Hall–Kier alpha value is -2.14. The van der Waals surface area contributed by atoms with E-state index in [4.69, 9.17) is 9.84 Å². The molecule has 1 atom stereocenters. The van der Waals surface area contributed by atoms with Gasteiger partial charge in [-0.05, 0) is 19.1 Å². The van der Waals surface area contributed by atoms with Crippen LogP contribution in [0.3, 0.4) is 0 Å². The van der Waals surface area contributed by atoms with Gasteiger partial charge in [-0.1, -0.05) is 0 Å². The molecule has 4 amide bonds. The van der Waals surface area contributed by atoms with Crippen molar-refractivity contribution in [2.24, 2.45) is 0 Å². The first kappa shape index (κ1) is 25.9. The van der Waals surface area contributed by atoms with Crippen molar-refractivity contribution in [1.82, 2.24) is 15.1 Å². The first-order valence-electron chi connectivity index (χ1n) is 9.92. The quantitative estimate of drug-likeness (QED) is 0.268. The number of likely N-dealkylation sites (tertiary alicyclic amines) is 1. The molecule has 1 heterocycles. The van der Waals surface area contributed by atoms with Crippen LogP contribution in [0, 0.1) is 0 Å².